The molecule has 0 spiro atoms. The van der Waals surface area contributed by atoms with Crippen molar-refractivity contribution in [3.05, 3.63) is 72.6 Å². The van der Waals surface area contributed by atoms with Crippen molar-refractivity contribution in [2.24, 2.45) is 0 Å². The van der Waals surface area contributed by atoms with Gasteiger partial charge < -0.3 is 20.1 Å². The van der Waals surface area contributed by atoms with E-state index in [9.17, 15) is 14.7 Å². The Morgan fingerprint density at radius 3 is 2.69 bits per heavy atom. The second-order valence-corrected chi connectivity index (χ2v) is 7.94. The van der Waals surface area contributed by atoms with E-state index in [1.807, 2.05) is 30.3 Å². The van der Waals surface area contributed by atoms with Crippen molar-refractivity contribution in [1.29, 1.82) is 0 Å². The normalized spacial score (nSPS) is 11.8. The van der Waals surface area contributed by atoms with Gasteiger partial charge in [-0.2, -0.15) is 0 Å². The Kier molecular flexibility index (Phi) is 6.37. The van der Waals surface area contributed by atoms with Crippen LogP contribution in [0.25, 0.3) is 22.4 Å². The highest BCUT2D eigenvalue weighted by molar-refractivity contribution is 7.99. The fourth-order valence-corrected chi connectivity index (χ4v) is 4.17. The van der Waals surface area contributed by atoms with Gasteiger partial charge in [-0.1, -0.05) is 12.1 Å². The summed E-state index contributed by atoms with van der Waals surface area (Å²) in [5.41, 5.74) is 2.60. The van der Waals surface area contributed by atoms with E-state index in [0.29, 0.717) is 28.2 Å². The Bertz CT molecular complexity index is 1260. The number of para-hydroxylation sites is 1. The van der Waals surface area contributed by atoms with Crippen molar-refractivity contribution in [1.82, 2.24) is 20.3 Å². The lowest BCUT2D eigenvalue weighted by atomic mass is 10.2. The maximum Gasteiger partial charge on any atom is 0.327 e. The predicted octanol–water partition coefficient (Wildman–Crippen LogP) is 3.61. The van der Waals surface area contributed by atoms with Crippen molar-refractivity contribution in [2.75, 3.05) is 12.9 Å². The third-order valence-corrected chi connectivity index (χ3v) is 5.92. The highest BCUT2D eigenvalue weighted by Gasteiger charge is 2.22. The molecule has 9 heteroatoms. The molecule has 2 aromatic carbocycles. The van der Waals surface area contributed by atoms with Gasteiger partial charge in [-0.3, -0.25) is 9.78 Å². The standard InChI is InChI=1S/C23H20N4O4S/c1-31-19-4-2-3-5-20(19)32-13-18(23(29)30)27-22(28)15-6-7-16-17(12-15)26-21(25-16)14-8-10-24-11-9-14/h2-12,18H,13H2,1H3,(H,25,26)(H,27,28)(H,29,30)/t18-/m0/s1. The second-order valence-electron chi connectivity index (χ2n) is 6.88. The van der Waals surface area contributed by atoms with Gasteiger partial charge in [0, 0.05) is 34.2 Å². The van der Waals surface area contributed by atoms with Gasteiger partial charge in [-0.15, -0.1) is 11.8 Å². The molecule has 0 aliphatic carbocycles. The number of H-pyrrole nitrogens is 1. The number of nitrogens with one attached hydrogen (secondary N) is 2. The van der Waals surface area contributed by atoms with Crippen LogP contribution >= 0.6 is 11.8 Å². The number of aromatic amines is 1. The molecule has 0 aliphatic rings. The lowest BCUT2D eigenvalue weighted by Gasteiger charge is -2.15. The molecule has 0 unspecified atom stereocenters. The first-order valence-corrected chi connectivity index (χ1v) is 10.7. The van der Waals surface area contributed by atoms with Crippen molar-refractivity contribution < 1.29 is 19.4 Å². The molecule has 0 aliphatic heterocycles. The van der Waals surface area contributed by atoms with Crippen LogP contribution in [0.2, 0.25) is 0 Å². The molecule has 8 nitrogen and oxygen atoms in total. The van der Waals surface area contributed by atoms with Gasteiger partial charge in [0.1, 0.15) is 17.6 Å². The van der Waals surface area contributed by atoms with Gasteiger partial charge in [-0.05, 0) is 42.5 Å². The molecule has 4 rings (SSSR count). The number of benzene rings is 2. The van der Waals surface area contributed by atoms with E-state index in [1.54, 1.807) is 43.8 Å². The van der Waals surface area contributed by atoms with Crippen LogP contribution < -0.4 is 10.1 Å². The molecular weight excluding hydrogens is 428 g/mol. The fourth-order valence-electron chi connectivity index (χ4n) is 3.12. The molecule has 3 N–H and O–H groups in total. The topological polar surface area (TPSA) is 117 Å². The average molecular weight is 449 g/mol. The number of fused-ring (bicyclic) bond motifs is 1. The first kappa shape index (κ1) is 21.4. The SMILES string of the molecule is COc1ccccc1SC[C@H](NC(=O)c1ccc2nc(-c3ccncc3)[nH]c2c1)C(=O)O. The number of carboxylic acids is 1. The Balaban J connectivity index is 1.49. The largest absolute Gasteiger partial charge is 0.496 e. The van der Waals surface area contributed by atoms with Crippen LogP contribution in [0.15, 0.2) is 71.9 Å². The minimum Gasteiger partial charge on any atom is -0.496 e. The number of aromatic nitrogens is 3. The van der Waals surface area contributed by atoms with E-state index in [1.165, 1.54) is 11.8 Å². The monoisotopic (exact) mass is 448 g/mol. The molecule has 0 fully saturated rings. The van der Waals surface area contributed by atoms with Crippen LogP contribution in [0.4, 0.5) is 0 Å². The van der Waals surface area contributed by atoms with Gasteiger partial charge in [0.25, 0.3) is 5.91 Å². The maximum atomic E-state index is 12.8. The van der Waals surface area contributed by atoms with E-state index in [2.05, 4.69) is 20.3 Å². The highest BCUT2D eigenvalue weighted by Crippen LogP contribution is 2.29. The van der Waals surface area contributed by atoms with Crippen molar-refractivity contribution in [3.63, 3.8) is 0 Å². The average Bonchev–Trinajstić information content (AvgIpc) is 3.25. The Hall–Kier alpha value is -3.85. The molecule has 2 aromatic heterocycles. The van der Waals surface area contributed by atoms with Crippen LogP contribution in [0.3, 0.4) is 0 Å². The van der Waals surface area contributed by atoms with Crippen LogP contribution in [-0.4, -0.2) is 50.8 Å². The molecule has 32 heavy (non-hydrogen) atoms. The first-order chi connectivity index (χ1) is 15.5. The molecule has 0 saturated heterocycles. The van der Waals surface area contributed by atoms with Crippen LogP contribution in [0.5, 0.6) is 5.75 Å². The zero-order valence-electron chi connectivity index (χ0n) is 17.1. The van der Waals surface area contributed by atoms with Crippen molar-refractivity contribution in [3.8, 4) is 17.1 Å². The second kappa shape index (κ2) is 9.52. The third-order valence-electron chi connectivity index (χ3n) is 4.78. The van der Waals surface area contributed by atoms with E-state index in [4.69, 9.17) is 4.74 Å². The van der Waals surface area contributed by atoms with Gasteiger partial charge in [-0.25, -0.2) is 9.78 Å². The quantitative estimate of drug-likeness (QED) is 0.353. The van der Waals surface area contributed by atoms with Crippen LogP contribution in [0.1, 0.15) is 10.4 Å². The fraction of sp³-hybridized carbons (Fsp3) is 0.130. The molecule has 2 heterocycles. The molecule has 1 amide bonds. The minimum atomic E-state index is -1.11. The van der Waals surface area contributed by atoms with Gasteiger partial charge in [0.2, 0.25) is 0 Å². The third kappa shape index (κ3) is 4.73. The number of hydrogen-bond acceptors (Lipinski definition) is 6. The maximum absolute atomic E-state index is 12.8. The molecule has 0 bridgehead atoms. The first-order valence-electron chi connectivity index (χ1n) is 9.75. The number of carbonyl (C=O) groups is 2. The van der Waals surface area contributed by atoms with Gasteiger partial charge in [0.15, 0.2) is 0 Å². The molecule has 0 radical (unpaired) electrons. The zero-order chi connectivity index (χ0) is 22.5. The summed E-state index contributed by atoms with van der Waals surface area (Å²) in [6, 6.07) is 14.9. The Morgan fingerprint density at radius 2 is 1.94 bits per heavy atom. The summed E-state index contributed by atoms with van der Waals surface area (Å²) in [4.78, 5) is 37.0. The smallest absolute Gasteiger partial charge is 0.327 e. The number of methoxy groups -OCH3 is 1. The number of nitrogens with zero attached hydrogens (tertiary/aromatic N) is 2. The molecule has 4 aromatic rings. The highest BCUT2D eigenvalue weighted by atomic mass is 32.2. The number of thioether (sulfide) groups is 1. The number of amides is 1. The van der Waals surface area contributed by atoms with Crippen LogP contribution in [-0.2, 0) is 4.79 Å². The van der Waals surface area contributed by atoms with Gasteiger partial charge >= 0.3 is 5.97 Å². The van der Waals surface area contributed by atoms with E-state index >= 15 is 0 Å². The summed E-state index contributed by atoms with van der Waals surface area (Å²) in [6.45, 7) is 0. The van der Waals surface area contributed by atoms with E-state index < -0.39 is 17.9 Å². The lowest BCUT2D eigenvalue weighted by Crippen LogP contribution is -2.42. The number of pyridine rings is 1. The minimum absolute atomic E-state index is 0.153. The summed E-state index contributed by atoms with van der Waals surface area (Å²) in [5, 5.41) is 12.2. The number of aliphatic carboxylic acids is 1. The number of carboxylic acid groups (broad SMARTS) is 1. The molecular formula is C23H20N4O4S. The molecule has 0 saturated carbocycles. The summed E-state index contributed by atoms with van der Waals surface area (Å²) in [7, 11) is 1.56. The number of imidazole rings is 1. The molecule has 1 atom stereocenters. The zero-order valence-corrected chi connectivity index (χ0v) is 17.9. The van der Waals surface area contributed by atoms with E-state index in [0.717, 1.165) is 10.5 Å². The molecule has 162 valence electrons. The summed E-state index contributed by atoms with van der Waals surface area (Å²) in [6.07, 6.45) is 3.35. The van der Waals surface area contributed by atoms with Gasteiger partial charge in [0.05, 0.1) is 18.1 Å². The number of carbonyl (C=O) groups excluding carboxylic acids is 1. The number of ether oxygens (including phenoxy) is 1. The summed E-state index contributed by atoms with van der Waals surface area (Å²) < 4.78 is 5.29. The predicted molar refractivity (Wildman–Crippen MR) is 122 cm³/mol. The Morgan fingerprint density at radius 1 is 1.16 bits per heavy atom. The van der Waals surface area contributed by atoms with Crippen LogP contribution in [0, 0.1) is 0 Å². The number of hydrogen-bond donors (Lipinski definition) is 3. The Labute approximate surface area is 188 Å². The van der Waals surface area contributed by atoms with E-state index in [-0.39, 0.29) is 5.75 Å². The summed E-state index contributed by atoms with van der Waals surface area (Å²) >= 11 is 1.31. The lowest BCUT2D eigenvalue weighted by molar-refractivity contribution is -0.138. The number of rotatable bonds is 8. The van der Waals surface area contributed by atoms with Crippen molar-refractivity contribution in [2.45, 2.75) is 10.9 Å². The van der Waals surface area contributed by atoms with Crippen molar-refractivity contribution >= 4 is 34.7 Å². The summed E-state index contributed by atoms with van der Waals surface area (Å²) in [5.74, 6) is -0.109.